The lowest BCUT2D eigenvalue weighted by Gasteiger charge is -2.33. The second-order valence-corrected chi connectivity index (χ2v) is 10.4. The van der Waals surface area contributed by atoms with E-state index in [1.54, 1.807) is 35.0 Å². The van der Waals surface area contributed by atoms with Gasteiger partial charge in [-0.1, -0.05) is 18.2 Å². The van der Waals surface area contributed by atoms with Crippen LogP contribution in [0.4, 0.5) is 0 Å². The number of fused-ring (bicyclic) bond motifs is 2. The summed E-state index contributed by atoms with van der Waals surface area (Å²) < 4.78 is 29.8. The molecule has 8 nitrogen and oxygen atoms in total. The lowest BCUT2D eigenvalue weighted by atomic mass is 10.2. The Morgan fingerprint density at radius 2 is 1.79 bits per heavy atom. The third kappa shape index (κ3) is 4.03. The zero-order valence-corrected chi connectivity index (χ0v) is 19.4. The molecule has 1 aliphatic rings. The number of aromatic nitrogens is 3. The van der Waals surface area contributed by atoms with Crippen LogP contribution in [-0.2, 0) is 16.6 Å². The van der Waals surface area contributed by atoms with Crippen molar-refractivity contribution >= 4 is 26.6 Å². The molecule has 9 heteroatoms. The van der Waals surface area contributed by atoms with Crippen molar-refractivity contribution in [1.82, 2.24) is 23.6 Å². The Hall–Kier alpha value is -3.14. The number of aryl methyl sites for hydroxylation is 2. The summed E-state index contributed by atoms with van der Waals surface area (Å²) >= 11 is 0. The number of hydrogen-bond acceptors (Lipinski definition) is 6. The van der Waals surface area contributed by atoms with Gasteiger partial charge in [0, 0.05) is 56.6 Å². The molecule has 4 aromatic rings. The smallest absolute Gasteiger partial charge is 0.258 e. The van der Waals surface area contributed by atoms with Crippen LogP contribution in [0.15, 0.2) is 64.5 Å². The Kier molecular flexibility index (Phi) is 5.48. The summed E-state index contributed by atoms with van der Waals surface area (Å²) in [7, 11) is -3.66. The van der Waals surface area contributed by atoms with Crippen LogP contribution in [0.1, 0.15) is 16.8 Å². The van der Waals surface area contributed by atoms with E-state index in [0.717, 1.165) is 16.5 Å². The van der Waals surface area contributed by atoms with Gasteiger partial charge in [0.1, 0.15) is 10.5 Å². The van der Waals surface area contributed by atoms with Crippen molar-refractivity contribution in [2.45, 2.75) is 25.3 Å². The maximum atomic E-state index is 13.4. The molecule has 3 aromatic heterocycles. The first-order valence-corrected chi connectivity index (χ1v) is 12.3. The van der Waals surface area contributed by atoms with Crippen molar-refractivity contribution in [2.24, 2.45) is 0 Å². The standard InChI is InChI=1S/C24H25N5O3S/c1-17-13-19-6-3-7-21(23(19)25-15-17)33(31,32)28-11-9-27(10-12-28)16-20-14-22(30)29-8-4-5-18(2)24(29)26-20/h3-8,13-15H,9-12,16H2,1-2H3. The molecular weight excluding hydrogens is 438 g/mol. The number of nitrogens with zero attached hydrogens (tertiary/aromatic N) is 5. The lowest BCUT2D eigenvalue weighted by Crippen LogP contribution is -2.48. The van der Waals surface area contributed by atoms with Crippen LogP contribution in [0, 0.1) is 13.8 Å². The van der Waals surface area contributed by atoms with Gasteiger partial charge in [-0.15, -0.1) is 0 Å². The van der Waals surface area contributed by atoms with E-state index in [1.165, 1.54) is 4.31 Å². The van der Waals surface area contributed by atoms with Gasteiger partial charge in [0.2, 0.25) is 10.0 Å². The summed E-state index contributed by atoms with van der Waals surface area (Å²) in [4.78, 5) is 23.9. The molecule has 4 heterocycles. The van der Waals surface area contributed by atoms with E-state index >= 15 is 0 Å². The molecule has 0 amide bonds. The zero-order chi connectivity index (χ0) is 23.2. The predicted octanol–water partition coefficient (Wildman–Crippen LogP) is 2.37. The molecule has 0 radical (unpaired) electrons. The Morgan fingerprint density at radius 1 is 1.00 bits per heavy atom. The second-order valence-electron chi connectivity index (χ2n) is 8.49. The van der Waals surface area contributed by atoms with Gasteiger partial charge in [-0.2, -0.15) is 4.31 Å². The first kappa shape index (κ1) is 21.7. The van der Waals surface area contributed by atoms with Gasteiger partial charge in [-0.25, -0.2) is 13.4 Å². The van der Waals surface area contributed by atoms with Gasteiger partial charge in [-0.3, -0.25) is 19.1 Å². The fraction of sp³-hybridized carbons (Fsp3) is 0.292. The molecule has 33 heavy (non-hydrogen) atoms. The molecule has 0 N–H and O–H groups in total. The van der Waals surface area contributed by atoms with E-state index in [9.17, 15) is 13.2 Å². The van der Waals surface area contributed by atoms with E-state index < -0.39 is 10.0 Å². The van der Waals surface area contributed by atoms with Crippen molar-refractivity contribution < 1.29 is 8.42 Å². The van der Waals surface area contributed by atoms with Gasteiger partial charge in [0.25, 0.3) is 5.56 Å². The predicted molar refractivity (Wildman–Crippen MR) is 127 cm³/mol. The average molecular weight is 464 g/mol. The second kappa shape index (κ2) is 8.33. The highest BCUT2D eigenvalue weighted by molar-refractivity contribution is 7.89. The molecule has 1 aliphatic heterocycles. The molecule has 5 rings (SSSR count). The molecule has 1 fully saturated rings. The molecule has 0 saturated carbocycles. The van der Waals surface area contributed by atoms with Crippen LogP contribution in [0.5, 0.6) is 0 Å². The van der Waals surface area contributed by atoms with E-state index in [1.807, 2.05) is 38.1 Å². The van der Waals surface area contributed by atoms with Crippen LogP contribution in [0.25, 0.3) is 16.6 Å². The minimum atomic E-state index is -3.66. The molecule has 0 spiro atoms. The number of hydrogen-bond donors (Lipinski definition) is 0. The highest BCUT2D eigenvalue weighted by Gasteiger charge is 2.30. The normalized spacial score (nSPS) is 15.9. The zero-order valence-electron chi connectivity index (χ0n) is 18.6. The van der Waals surface area contributed by atoms with Gasteiger partial charge in [0.15, 0.2) is 0 Å². The van der Waals surface area contributed by atoms with Gasteiger partial charge in [-0.05, 0) is 43.2 Å². The van der Waals surface area contributed by atoms with Crippen molar-refractivity contribution in [1.29, 1.82) is 0 Å². The summed E-state index contributed by atoms with van der Waals surface area (Å²) in [6, 6.07) is 12.5. The minimum Gasteiger partial charge on any atom is -0.295 e. The summed E-state index contributed by atoms with van der Waals surface area (Å²) in [5, 5.41) is 0.818. The summed E-state index contributed by atoms with van der Waals surface area (Å²) in [5.74, 6) is 0. The van der Waals surface area contributed by atoms with Crippen LogP contribution >= 0.6 is 0 Å². The van der Waals surface area contributed by atoms with Gasteiger partial charge < -0.3 is 0 Å². The van der Waals surface area contributed by atoms with Crippen molar-refractivity contribution in [3.05, 3.63) is 82.0 Å². The number of sulfonamides is 1. The number of piperazine rings is 1. The maximum Gasteiger partial charge on any atom is 0.258 e. The Morgan fingerprint density at radius 3 is 2.58 bits per heavy atom. The SMILES string of the molecule is Cc1cnc2c(S(=O)(=O)N3CCN(Cc4cc(=O)n5cccc(C)c5n4)CC3)cccc2c1. The fourth-order valence-electron chi connectivity index (χ4n) is 4.34. The first-order chi connectivity index (χ1) is 15.8. The summed E-state index contributed by atoms with van der Waals surface area (Å²) in [5.41, 5.74) is 3.66. The van der Waals surface area contributed by atoms with Crippen molar-refractivity contribution in [3.8, 4) is 0 Å². The highest BCUT2D eigenvalue weighted by atomic mass is 32.2. The lowest BCUT2D eigenvalue weighted by molar-refractivity contribution is 0.180. The Balaban J connectivity index is 1.34. The van der Waals surface area contributed by atoms with Crippen molar-refractivity contribution in [3.63, 3.8) is 0 Å². The quantitative estimate of drug-likeness (QED) is 0.462. The third-order valence-corrected chi connectivity index (χ3v) is 8.01. The van der Waals surface area contributed by atoms with Gasteiger partial charge >= 0.3 is 0 Å². The van der Waals surface area contributed by atoms with Gasteiger partial charge in [0.05, 0.1) is 11.2 Å². The molecule has 1 saturated heterocycles. The molecule has 0 aliphatic carbocycles. The largest absolute Gasteiger partial charge is 0.295 e. The summed E-state index contributed by atoms with van der Waals surface area (Å²) in [6.45, 7) is 6.23. The molecule has 0 unspecified atom stereocenters. The van der Waals surface area contributed by atoms with E-state index in [4.69, 9.17) is 0 Å². The van der Waals surface area contributed by atoms with Crippen LogP contribution in [0.2, 0.25) is 0 Å². The van der Waals surface area contributed by atoms with Crippen molar-refractivity contribution in [2.75, 3.05) is 26.2 Å². The number of benzene rings is 1. The monoisotopic (exact) mass is 463 g/mol. The van der Waals surface area contributed by atoms with Crippen LogP contribution in [-0.4, -0.2) is 58.2 Å². The fourth-order valence-corrected chi connectivity index (χ4v) is 5.92. The third-order valence-electron chi connectivity index (χ3n) is 6.08. The number of rotatable bonds is 4. The molecule has 1 aromatic carbocycles. The van der Waals surface area contributed by atoms with Crippen LogP contribution in [0.3, 0.4) is 0 Å². The van der Waals surface area contributed by atoms with E-state index in [2.05, 4.69) is 14.9 Å². The summed E-state index contributed by atoms with van der Waals surface area (Å²) in [6.07, 6.45) is 3.41. The maximum absolute atomic E-state index is 13.4. The first-order valence-electron chi connectivity index (χ1n) is 10.9. The number of para-hydroxylation sites is 1. The van der Waals surface area contributed by atoms with Crippen LogP contribution < -0.4 is 5.56 Å². The topological polar surface area (TPSA) is 87.9 Å². The van der Waals surface area contributed by atoms with E-state index in [-0.39, 0.29) is 10.5 Å². The minimum absolute atomic E-state index is 0.112. The number of pyridine rings is 2. The Labute approximate surface area is 192 Å². The highest BCUT2D eigenvalue weighted by Crippen LogP contribution is 2.25. The molecular formula is C24H25N5O3S. The molecule has 0 atom stereocenters. The molecule has 170 valence electrons. The average Bonchev–Trinajstić information content (AvgIpc) is 2.79. The molecule has 0 bridgehead atoms. The van der Waals surface area contributed by atoms with E-state index in [0.29, 0.717) is 49.6 Å². The Bertz CT molecular complexity index is 1520.